The van der Waals surface area contributed by atoms with Gasteiger partial charge >= 0.3 is 0 Å². The van der Waals surface area contributed by atoms with Gasteiger partial charge in [-0.1, -0.05) is 30.3 Å². The van der Waals surface area contributed by atoms with Gasteiger partial charge in [-0.3, -0.25) is 14.5 Å². The van der Waals surface area contributed by atoms with Crippen molar-refractivity contribution in [1.82, 2.24) is 14.7 Å². The van der Waals surface area contributed by atoms with E-state index in [0.29, 0.717) is 37.8 Å². The summed E-state index contributed by atoms with van der Waals surface area (Å²) in [7, 11) is 4.97. The summed E-state index contributed by atoms with van der Waals surface area (Å²) < 4.78 is 16.4. The largest absolute Gasteiger partial charge is 0.493 e. The molecule has 0 saturated carbocycles. The molecule has 2 heterocycles. The van der Waals surface area contributed by atoms with E-state index in [0.717, 1.165) is 24.1 Å². The lowest BCUT2D eigenvalue weighted by molar-refractivity contribution is -0.142. The number of hydrogen-bond donors (Lipinski definition) is 0. The first-order valence-electron chi connectivity index (χ1n) is 11.6. The first-order valence-corrected chi connectivity index (χ1v) is 11.6. The number of likely N-dealkylation sites (N-methyl/N-ethyl adjacent to an activating group) is 1. The van der Waals surface area contributed by atoms with Gasteiger partial charge in [0.25, 0.3) is 0 Å². The second-order valence-electron chi connectivity index (χ2n) is 8.68. The summed E-state index contributed by atoms with van der Waals surface area (Å²) in [6, 6.07) is 14.1. The molecule has 1 fully saturated rings. The molecular weight excluding hydrogens is 434 g/mol. The fourth-order valence-corrected chi connectivity index (χ4v) is 4.69. The molecule has 4 rings (SSSR count). The maximum atomic E-state index is 13.2. The second-order valence-corrected chi connectivity index (χ2v) is 8.68. The molecule has 2 aliphatic rings. The van der Waals surface area contributed by atoms with Gasteiger partial charge in [-0.2, -0.15) is 0 Å². The topological polar surface area (TPSA) is 71.6 Å². The predicted octanol–water partition coefficient (Wildman–Crippen LogP) is 1.97. The number of amides is 2. The van der Waals surface area contributed by atoms with Crippen molar-refractivity contribution < 1.29 is 23.8 Å². The van der Waals surface area contributed by atoms with Crippen LogP contribution in [-0.4, -0.2) is 93.7 Å². The average molecular weight is 468 g/mol. The zero-order valence-electron chi connectivity index (χ0n) is 20.2. The monoisotopic (exact) mass is 467 g/mol. The molecule has 2 aliphatic heterocycles. The van der Waals surface area contributed by atoms with Crippen LogP contribution in [0.25, 0.3) is 0 Å². The summed E-state index contributed by atoms with van der Waals surface area (Å²) >= 11 is 0. The lowest BCUT2D eigenvalue weighted by Gasteiger charge is -2.38. The van der Waals surface area contributed by atoms with Crippen LogP contribution in [0.3, 0.4) is 0 Å². The van der Waals surface area contributed by atoms with E-state index in [4.69, 9.17) is 14.2 Å². The Bertz CT molecular complexity index is 1010. The second kappa shape index (κ2) is 10.9. The molecule has 0 bridgehead atoms. The molecule has 8 heteroatoms. The Morgan fingerprint density at radius 3 is 2.38 bits per heavy atom. The third-order valence-corrected chi connectivity index (χ3v) is 6.59. The maximum absolute atomic E-state index is 13.2. The van der Waals surface area contributed by atoms with Gasteiger partial charge in [0, 0.05) is 26.7 Å². The lowest BCUT2D eigenvalue weighted by Crippen LogP contribution is -2.48. The highest BCUT2D eigenvalue weighted by atomic mass is 16.5. The van der Waals surface area contributed by atoms with Gasteiger partial charge in [0.15, 0.2) is 11.5 Å². The molecule has 1 saturated heterocycles. The van der Waals surface area contributed by atoms with E-state index in [9.17, 15) is 9.59 Å². The highest BCUT2D eigenvalue weighted by Crippen LogP contribution is 2.40. The minimum Gasteiger partial charge on any atom is -0.493 e. The molecule has 2 amide bonds. The number of hydrogen-bond acceptors (Lipinski definition) is 6. The number of fused-ring (bicyclic) bond motifs is 1. The molecule has 8 nitrogen and oxygen atoms in total. The number of rotatable bonds is 7. The number of benzene rings is 2. The molecule has 2 aromatic carbocycles. The van der Waals surface area contributed by atoms with Crippen LogP contribution in [-0.2, 0) is 20.7 Å². The van der Waals surface area contributed by atoms with Crippen molar-refractivity contribution in [2.45, 2.75) is 12.5 Å². The lowest BCUT2D eigenvalue weighted by atomic mass is 9.87. The van der Waals surface area contributed by atoms with Crippen molar-refractivity contribution in [3.8, 4) is 11.5 Å². The number of carbonyl (C=O) groups excluding carboxylic acids is 2. The predicted molar refractivity (Wildman–Crippen MR) is 128 cm³/mol. The van der Waals surface area contributed by atoms with Crippen LogP contribution in [0.5, 0.6) is 11.5 Å². The Hall–Kier alpha value is -3.10. The van der Waals surface area contributed by atoms with Crippen molar-refractivity contribution >= 4 is 11.8 Å². The van der Waals surface area contributed by atoms with Crippen LogP contribution in [0.2, 0.25) is 0 Å². The molecule has 0 radical (unpaired) electrons. The summed E-state index contributed by atoms with van der Waals surface area (Å²) in [5, 5.41) is 0. The van der Waals surface area contributed by atoms with Crippen LogP contribution >= 0.6 is 0 Å². The standard InChI is InChI=1S/C26H33N3O5/c1-27(17-25(31)28-11-13-34-14-12-28)24(30)18-29-10-9-20-15-22(32-2)23(33-3)16-21(20)26(29)19-7-5-4-6-8-19/h4-8,15-16,26H,9-14,17-18H2,1-3H3/t26-/m1/s1. The van der Waals surface area contributed by atoms with Crippen LogP contribution in [0.1, 0.15) is 22.7 Å². The van der Waals surface area contributed by atoms with Gasteiger partial charge in [-0.15, -0.1) is 0 Å². The third kappa shape index (κ3) is 5.18. The minimum atomic E-state index is -0.1000. The summed E-state index contributed by atoms with van der Waals surface area (Å²) in [6.07, 6.45) is 0.794. The molecule has 0 aromatic heterocycles. The van der Waals surface area contributed by atoms with Crippen molar-refractivity contribution in [3.63, 3.8) is 0 Å². The third-order valence-electron chi connectivity index (χ3n) is 6.59. The highest BCUT2D eigenvalue weighted by molar-refractivity contribution is 5.85. The molecule has 0 aliphatic carbocycles. The SMILES string of the molecule is COc1cc2c(cc1OC)[C@@H](c1ccccc1)N(CC(=O)N(C)CC(=O)N1CCOCC1)CC2. The fourth-order valence-electron chi connectivity index (χ4n) is 4.69. The molecule has 182 valence electrons. The van der Waals surface area contributed by atoms with Gasteiger partial charge in [0.2, 0.25) is 11.8 Å². The zero-order chi connectivity index (χ0) is 24.1. The van der Waals surface area contributed by atoms with Gasteiger partial charge in [-0.05, 0) is 35.2 Å². The molecule has 1 atom stereocenters. The Kier molecular flexibility index (Phi) is 7.70. The van der Waals surface area contributed by atoms with E-state index in [2.05, 4.69) is 17.0 Å². The van der Waals surface area contributed by atoms with Crippen molar-refractivity contribution in [3.05, 3.63) is 59.2 Å². The zero-order valence-corrected chi connectivity index (χ0v) is 20.2. The molecule has 34 heavy (non-hydrogen) atoms. The normalized spacial score (nSPS) is 18.2. The van der Waals surface area contributed by atoms with Crippen molar-refractivity contribution in [2.24, 2.45) is 0 Å². The molecule has 2 aromatic rings. The Morgan fingerprint density at radius 1 is 1.03 bits per heavy atom. The van der Waals surface area contributed by atoms with Crippen LogP contribution in [0.4, 0.5) is 0 Å². The van der Waals surface area contributed by atoms with Crippen LogP contribution < -0.4 is 9.47 Å². The Labute approximate surface area is 201 Å². The number of ether oxygens (including phenoxy) is 3. The Balaban J connectivity index is 1.55. The highest BCUT2D eigenvalue weighted by Gasteiger charge is 2.32. The number of carbonyl (C=O) groups is 2. The van der Waals surface area contributed by atoms with Gasteiger partial charge in [-0.25, -0.2) is 0 Å². The minimum absolute atomic E-state index is 0.0421. The van der Waals surface area contributed by atoms with E-state index in [-0.39, 0.29) is 30.9 Å². The van der Waals surface area contributed by atoms with Gasteiger partial charge in [0.05, 0.1) is 46.6 Å². The van der Waals surface area contributed by atoms with Gasteiger partial charge < -0.3 is 24.0 Å². The first kappa shape index (κ1) is 24.0. The van der Waals surface area contributed by atoms with Gasteiger partial charge in [0.1, 0.15) is 0 Å². The number of methoxy groups -OCH3 is 2. The van der Waals surface area contributed by atoms with Crippen LogP contribution in [0, 0.1) is 0 Å². The maximum Gasteiger partial charge on any atom is 0.242 e. The van der Waals surface area contributed by atoms with E-state index < -0.39 is 0 Å². The number of nitrogens with zero attached hydrogens (tertiary/aromatic N) is 3. The van der Waals surface area contributed by atoms with E-state index in [1.54, 1.807) is 26.2 Å². The van der Waals surface area contributed by atoms with E-state index >= 15 is 0 Å². The summed E-state index contributed by atoms with van der Waals surface area (Å²) in [5.74, 6) is 1.26. The average Bonchev–Trinajstić information content (AvgIpc) is 2.88. The van der Waals surface area contributed by atoms with Crippen molar-refractivity contribution in [1.29, 1.82) is 0 Å². The molecule has 0 N–H and O–H groups in total. The molecule has 0 spiro atoms. The molecular formula is C26H33N3O5. The quantitative estimate of drug-likeness (QED) is 0.620. The summed E-state index contributed by atoms with van der Waals surface area (Å²) in [5.41, 5.74) is 3.40. The Morgan fingerprint density at radius 2 is 1.71 bits per heavy atom. The smallest absolute Gasteiger partial charge is 0.242 e. The van der Waals surface area contributed by atoms with E-state index in [1.807, 2.05) is 30.3 Å². The van der Waals surface area contributed by atoms with E-state index in [1.165, 1.54) is 10.5 Å². The van der Waals surface area contributed by atoms with Crippen LogP contribution in [0.15, 0.2) is 42.5 Å². The fraction of sp³-hybridized carbons (Fsp3) is 0.462. The summed E-state index contributed by atoms with van der Waals surface area (Å²) in [4.78, 5) is 31.3. The van der Waals surface area contributed by atoms with Crippen molar-refractivity contribution in [2.75, 3.05) is 67.2 Å². The summed E-state index contributed by atoms with van der Waals surface area (Å²) in [6.45, 7) is 3.26. The first-order chi connectivity index (χ1) is 16.5. The molecule has 0 unspecified atom stereocenters. The number of morpholine rings is 1.